The van der Waals surface area contributed by atoms with E-state index < -0.39 is 28.2 Å². The minimum atomic E-state index is -3.74. The first-order valence-corrected chi connectivity index (χ1v) is 9.88. The molecule has 7 heteroatoms. The van der Waals surface area contributed by atoms with E-state index in [0.29, 0.717) is 6.42 Å². The van der Waals surface area contributed by atoms with E-state index in [1.54, 1.807) is 24.3 Å². The first kappa shape index (κ1) is 18.4. The van der Waals surface area contributed by atoms with E-state index in [1.165, 1.54) is 4.31 Å². The highest BCUT2D eigenvalue weighted by Crippen LogP contribution is 2.38. The number of benzene rings is 2. The van der Waals surface area contributed by atoms with Gasteiger partial charge < -0.3 is 10.4 Å². The first-order chi connectivity index (χ1) is 12.3. The van der Waals surface area contributed by atoms with Gasteiger partial charge >= 0.3 is 6.09 Å². The number of hydrogen-bond acceptors (Lipinski definition) is 3. The molecule has 1 saturated heterocycles. The Labute approximate surface area is 153 Å². The van der Waals surface area contributed by atoms with Crippen molar-refractivity contribution >= 4 is 16.1 Å². The number of rotatable bonds is 4. The summed E-state index contributed by atoms with van der Waals surface area (Å²) in [5.41, 5.74) is 2.73. The summed E-state index contributed by atoms with van der Waals surface area (Å²) in [7, 11) is -3.74. The molecular weight excluding hydrogens is 352 g/mol. The molecule has 2 aromatic carbocycles. The summed E-state index contributed by atoms with van der Waals surface area (Å²) < 4.78 is 27.9. The maximum absolute atomic E-state index is 13.2. The fourth-order valence-corrected chi connectivity index (χ4v) is 5.14. The van der Waals surface area contributed by atoms with E-state index in [4.69, 9.17) is 5.11 Å². The second kappa shape index (κ2) is 7.09. The van der Waals surface area contributed by atoms with E-state index in [1.807, 2.05) is 38.1 Å². The number of nitrogens with zero attached hydrogens (tertiary/aromatic N) is 1. The van der Waals surface area contributed by atoms with Gasteiger partial charge in [-0.05, 0) is 43.5 Å². The van der Waals surface area contributed by atoms with E-state index in [9.17, 15) is 13.2 Å². The molecule has 0 saturated carbocycles. The number of nitrogens with one attached hydrogen (secondary N) is 1. The summed E-state index contributed by atoms with van der Waals surface area (Å²) in [6.45, 7) is 4.07. The zero-order chi connectivity index (χ0) is 18.9. The fourth-order valence-electron chi connectivity index (χ4n) is 3.48. The van der Waals surface area contributed by atoms with Crippen LogP contribution in [-0.2, 0) is 10.0 Å². The van der Waals surface area contributed by atoms with Gasteiger partial charge in [-0.2, -0.15) is 4.31 Å². The Morgan fingerprint density at radius 3 is 2.38 bits per heavy atom. The Kier molecular flexibility index (Phi) is 5.02. The zero-order valence-corrected chi connectivity index (χ0v) is 15.5. The lowest BCUT2D eigenvalue weighted by Gasteiger charge is -2.29. The van der Waals surface area contributed by atoms with Crippen molar-refractivity contribution in [3.8, 4) is 0 Å². The number of amides is 1. The van der Waals surface area contributed by atoms with E-state index in [0.717, 1.165) is 16.7 Å². The summed E-state index contributed by atoms with van der Waals surface area (Å²) in [4.78, 5) is 11.4. The Hall–Kier alpha value is -2.38. The molecule has 0 unspecified atom stereocenters. The van der Waals surface area contributed by atoms with E-state index in [2.05, 4.69) is 5.32 Å². The maximum Gasteiger partial charge on any atom is 0.404 e. The molecule has 2 N–H and O–H groups in total. The molecule has 3 rings (SSSR count). The molecule has 0 spiro atoms. The van der Waals surface area contributed by atoms with Gasteiger partial charge in [0.1, 0.15) is 0 Å². The Bertz CT molecular complexity index is 909. The highest BCUT2D eigenvalue weighted by atomic mass is 32.2. The van der Waals surface area contributed by atoms with Crippen molar-refractivity contribution in [2.24, 2.45) is 0 Å². The minimum Gasteiger partial charge on any atom is -0.465 e. The summed E-state index contributed by atoms with van der Waals surface area (Å²) in [5, 5.41) is 11.7. The van der Waals surface area contributed by atoms with Crippen LogP contribution in [0, 0.1) is 13.8 Å². The normalized spacial score (nSPS) is 20.8. The van der Waals surface area contributed by atoms with Crippen molar-refractivity contribution in [1.82, 2.24) is 9.62 Å². The van der Waals surface area contributed by atoms with Gasteiger partial charge in [0, 0.05) is 6.54 Å². The lowest BCUT2D eigenvalue weighted by atomic mass is 9.97. The molecule has 0 radical (unpaired) electrons. The van der Waals surface area contributed by atoms with Gasteiger partial charge in [0.15, 0.2) is 0 Å². The van der Waals surface area contributed by atoms with Crippen molar-refractivity contribution in [1.29, 1.82) is 0 Å². The molecule has 2 aromatic rings. The second-order valence-electron chi connectivity index (χ2n) is 6.57. The van der Waals surface area contributed by atoms with Gasteiger partial charge in [0.2, 0.25) is 10.0 Å². The molecule has 0 aromatic heterocycles. The molecule has 1 heterocycles. The van der Waals surface area contributed by atoms with Crippen LogP contribution in [0.25, 0.3) is 0 Å². The van der Waals surface area contributed by atoms with Gasteiger partial charge in [0.25, 0.3) is 0 Å². The Morgan fingerprint density at radius 1 is 1.12 bits per heavy atom. The summed E-state index contributed by atoms with van der Waals surface area (Å²) in [6.07, 6.45) is -0.723. The molecule has 1 amide bonds. The van der Waals surface area contributed by atoms with Crippen LogP contribution in [0.3, 0.4) is 0 Å². The van der Waals surface area contributed by atoms with Crippen molar-refractivity contribution in [2.75, 3.05) is 6.54 Å². The lowest BCUT2D eigenvalue weighted by molar-refractivity contribution is 0.187. The van der Waals surface area contributed by atoms with Crippen molar-refractivity contribution < 1.29 is 18.3 Å². The monoisotopic (exact) mass is 374 g/mol. The zero-order valence-electron chi connectivity index (χ0n) is 14.7. The molecule has 138 valence electrons. The van der Waals surface area contributed by atoms with Crippen molar-refractivity contribution in [3.63, 3.8) is 0 Å². The molecule has 6 nitrogen and oxygen atoms in total. The van der Waals surface area contributed by atoms with Crippen LogP contribution in [0.1, 0.15) is 29.2 Å². The average molecular weight is 374 g/mol. The predicted octanol–water partition coefficient (Wildman–Crippen LogP) is 3.08. The third kappa shape index (κ3) is 3.45. The van der Waals surface area contributed by atoms with Crippen molar-refractivity contribution in [3.05, 3.63) is 65.2 Å². The standard InChI is InChI=1S/C19H22N2O4S/c1-13-7-9-15(10-8-13)26(24,25)21-12-11-17(20-19(22)23)18(21)16-6-4-3-5-14(16)2/h3-10,17-18,20H,11-12H2,1-2H3,(H,22,23)/t17-,18+/m1/s1. The van der Waals surface area contributed by atoms with Crippen LogP contribution >= 0.6 is 0 Å². The van der Waals surface area contributed by atoms with Gasteiger partial charge in [-0.3, -0.25) is 0 Å². The highest BCUT2D eigenvalue weighted by molar-refractivity contribution is 7.89. The molecule has 1 aliphatic heterocycles. The lowest BCUT2D eigenvalue weighted by Crippen LogP contribution is -2.41. The molecule has 26 heavy (non-hydrogen) atoms. The maximum atomic E-state index is 13.2. The van der Waals surface area contributed by atoms with Gasteiger partial charge in [-0.15, -0.1) is 0 Å². The minimum absolute atomic E-state index is 0.220. The van der Waals surface area contributed by atoms with Crippen LogP contribution in [0.2, 0.25) is 0 Å². The number of carbonyl (C=O) groups is 1. The average Bonchev–Trinajstić information content (AvgIpc) is 2.99. The molecule has 0 aliphatic carbocycles. The molecular formula is C19H22N2O4S. The SMILES string of the molecule is Cc1ccc(S(=O)(=O)N2CC[C@@H](NC(=O)O)[C@@H]2c2ccccc2C)cc1. The molecule has 0 bridgehead atoms. The van der Waals surface area contributed by atoms with Crippen molar-refractivity contribution in [2.45, 2.75) is 37.2 Å². The molecule has 1 fully saturated rings. The van der Waals surface area contributed by atoms with Crippen LogP contribution in [0.4, 0.5) is 4.79 Å². The molecule has 2 atom stereocenters. The summed E-state index contributed by atoms with van der Waals surface area (Å²) in [6, 6.07) is 13.1. The van der Waals surface area contributed by atoms with Crippen LogP contribution in [-0.4, -0.2) is 36.5 Å². The highest BCUT2D eigenvalue weighted by Gasteiger charge is 2.43. The third-order valence-corrected chi connectivity index (χ3v) is 6.69. The largest absolute Gasteiger partial charge is 0.465 e. The summed E-state index contributed by atoms with van der Waals surface area (Å²) in [5.74, 6) is 0. The number of sulfonamides is 1. The van der Waals surface area contributed by atoms with Crippen LogP contribution in [0.15, 0.2) is 53.4 Å². The topological polar surface area (TPSA) is 86.7 Å². The third-order valence-electron chi connectivity index (χ3n) is 4.80. The van der Waals surface area contributed by atoms with E-state index >= 15 is 0 Å². The van der Waals surface area contributed by atoms with Gasteiger partial charge in [0.05, 0.1) is 17.0 Å². The first-order valence-electron chi connectivity index (χ1n) is 8.44. The predicted molar refractivity (Wildman–Crippen MR) is 98.6 cm³/mol. The Morgan fingerprint density at radius 2 is 1.77 bits per heavy atom. The van der Waals surface area contributed by atoms with E-state index in [-0.39, 0.29) is 11.4 Å². The fraction of sp³-hybridized carbons (Fsp3) is 0.316. The smallest absolute Gasteiger partial charge is 0.404 e. The van der Waals surface area contributed by atoms with Gasteiger partial charge in [-0.25, -0.2) is 13.2 Å². The van der Waals surface area contributed by atoms with Crippen LogP contribution < -0.4 is 5.32 Å². The second-order valence-corrected chi connectivity index (χ2v) is 8.47. The number of aryl methyl sites for hydroxylation is 2. The summed E-state index contributed by atoms with van der Waals surface area (Å²) >= 11 is 0. The Balaban J connectivity index is 2.05. The van der Waals surface area contributed by atoms with Crippen LogP contribution in [0.5, 0.6) is 0 Å². The van der Waals surface area contributed by atoms with Gasteiger partial charge in [-0.1, -0.05) is 42.0 Å². The quantitative estimate of drug-likeness (QED) is 0.861. The molecule has 1 aliphatic rings. The number of hydrogen-bond donors (Lipinski definition) is 2. The number of carboxylic acid groups (broad SMARTS) is 1.